The highest BCUT2D eigenvalue weighted by molar-refractivity contribution is 7.19. The molecule has 0 saturated carbocycles. The van der Waals surface area contributed by atoms with E-state index in [-0.39, 0.29) is 31.1 Å². The van der Waals surface area contributed by atoms with Crippen molar-refractivity contribution in [1.82, 2.24) is 19.7 Å². The zero-order valence-electron chi connectivity index (χ0n) is 12.2. The summed E-state index contributed by atoms with van der Waals surface area (Å²) in [5.74, 6) is -1.03. The molecular weight excluding hydrogens is 358 g/mol. The van der Waals surface area contributed by atoms with Crippen LogP contribution in [-0.4, -0.2) is 44.8 Å². The number of halogens is 3. The fourth-order valence-corrected chi connectivity index (χ4v) is 3.62. The van der Waals surface area contributed by atoms with E-state index in [1.807, 2.05) is 6.07 Å². The molecule has 1 aliphatic heterocycles. The van der Waals surface area contributed by atoms with Gasteiger partial charge in [-0.15, -0.1) is 16.4 Å². The Balaban J connectivity index is 1.68. The Labute approximate surface area is 144 Å². The number of thiophene rings is 1. The number of carbonyl (C=O) groups is 1. The number of amides is 1. The second-order valence-corrected chi connectivity index (χ2v) is 7.26. The van der Waals surface area contributed by atoms with E-state index in [1.54, 1.807) is 18.3 Å². The first-order valence-corrected chi connectivity index (χ1v) is 8.40. The Bertz CT molecular complexity index is 935. The highest BCUT2D eigenvalue weighted by Gasteiger charge is 2.30. The Kier molecular flexibility index (Phi) is 3.73. The number of likely N-dealkylation sites (tertiary alicyclic amines) is 1. The van der Waals surface area contributed by atoms with Crippen LogP contribution in [0.1, 0.15) is 0 Å². The van der Waals surface area contributed by atoms with Gasteiger partial charge in [0.25, 0.3) is 5.95 Å². The van der Waals surface area contributed by atoms with E-state index in [0.717, 1.165) is 10.4 Å². The topological polar surface area (TPSA) is 51.0 Å². The summed E-state index contributed by atoms with van der Waals surface area (Å²) in [6, 6.07) is 5.34. The Morgan fingerprint density at radius 1 is 1.42 bits per heavy atom. The van der Waals surface area contributed by atoms with Crippen LogP contribution >= 0.6 is 22.9 Å². The molecule has 0 atom stereocenters. The lowest BCUT2D eigenvalue weighted by atomic mass is 10.2. The quantitative estimate of drug-likeness (QED) is 0.713. The van der Waals surface area contributed by atoms with Gasteiger partial charge in [0.2, 0.25) is 5.91 Å². The van der Waals surface area contributed by atoms with Crippen molar-refractivity contribution in [2.45, 2.75) is 12.7 Å². The van der Waals surface area contributed by atoms with E-state index in [0.29, 0.717) is 9.85 Å². The molecule has 0 aliphatic carbocycles. The van der Waals surface area contributed by atoms with Crippen LogP contribution in [-0.2, 0) is 11.3 Å². The SMILES string of the molecule is O=C(Cn1nc(F)c2ncc(-c3ccc(Cl)s3)cc21)N1CC(F)C1. The maximum absolute atomic E-state index is 14.0. The molecule has 3 aromatic heterocycles. The van der Waals surface area contributed by atoms with E-state index >= 15 is 0 Å². The number of hydrogen-bond donors (Lipinski definition) is 0. The first-order chi connectivity index (χ1) is 11.5. The van der Waals surface area contributed by atoms with Crippen LogP contribution in [0, 0.1) is 5.95 Å². The lowest BCUT2D eigenvalue weighted by molar-refractivity contribution is -0.139. The van der Waals surface area contributed by atoms with Crippen molar-refractivity contribution in [2.24, 2.45) is 0 Å². The minimum atomic E-state index is -0.975. The van der Waals surface area contributed by atoms with Gasteiger partial charge >= 0.3 is 0 Å². The number of hydrogen-bond acceptors (Lipinski definition) is 4. The van der Waals surface area contributed by atoms with Crippen molar-refractivity contribution in [2.75, 3.05) is 13.1 Å². The third-order valence-corrected chi connectivity index (χ3v) is 5.16. The molecule has 0 N–H and O–H groups in total. The number of carbonyl (C=O) groups excluding carboxylic acids is 1. The molecular formula is C15H11ClF2N4OS. The minimum absolute atomic E-state index is 0.0811. The summed E-state index contributed by atoms with van der Waals surface area (Å²) in [5.41, 5.74) is 1.28. The third-order valence-electron chi connectivity index (χ3n) is 3.88. The summed E-state index contributed by atoms with van der Waals surface area (Å²) >= 11 is 7.32. The van der Waals surface area contributed by atoms with Crippen molar-refractivity contribution >= 4 is 39.9 Å². The number of nitrogens with zero attached hydrogens (tertiary/aromatic N) is 4. The molecule has 3 aromatic rings. The van der Waals surface area contributed by atoms with E-state index in [1.165, 1.54) is 20.9 Å². The highest BCUT2D eigenvalue weighted by atomic mass is 35.5. The summed E-state index contributed by atoms with van der Waals surface area (Å²) in [5, 5.41) is 3.75. The predicted octanol–water partition coefficient (Wildman–Crippen LogP) is 3.13. The Morgan fingerprint density at radius 2 is 2.21 bits per heavy atom. The average molecular weight is 369 g/mol. The van der Waals surface area contributed by atoms with Crippen LogP contribution in [0.2, 0.25) is 4.34 Å². The Morgan fingerprint density at radius 3 is 2.88 bits per heavy atom. The molecule has 24 heavy (non-hydrogen) atoms. The van der Waals surface area contributed by atoms with Crippen LogP contribution in [0.15, 0.2) is 24.4 Å². The fraction of sp³-hybridized carbons (Fsp3) is 0.267. The molecule has 0 radical (unpaired) electrons. The molecule has 9 heteroatoms. The number of fused-ring (bicyclic) bond motifs is 1. The molecule has 0 bridgehead atoms. The molecule has 0 spiro atoms. The number of rotatable bonds is 3. The second-order valence-electron chi connectivity index (χ2n) is 5.54. The monoisotopic (exact) mass is 368 g/mol. The molecule has 1 saturated heterocycles. The van der Waals surface area contributed by atoms with E-state index in [4.69, 9.17) is 11.6 Å². The van der Waals surface area contributed by atoms with E-state index in [9.17, 15) is 13.6 Å². The molecule has 4 heterocycles. The van der Waals surface area contributed by atoms with Crippen molar-refractivity contribution in [3.63, 3.8) is 0 Å². The van der Waals surface area contributed by atoms with Gasteiger partial charge < -0.3 is 4.90 Å². The van der Waals surface area contributed by atoms with Gasteiger partial charge in [-0.3, -0.25) is 9.48 Å². The second kappa shape index (κ2) is 5.78. The van der Waals surface area contributed by atoms with Gasteiger partial charge in [0.15, 0.2) is 0 Å². The van der Waals surface area contributed by atoms with Gasteiger partial charge in [0.1, 0.15) is 18.2 Å². The van der Waals surface area contributed by atoms with E-state index in [2.05, 4.69) is 10.1 Å². The van der Waals surface area contributed by atoms with Gasteiger partial charge in [0.05, 0.1) is 22.9 Å². The third kappa shape index (κ3) is 2.65. The van der Waals surface area contributed by atoms with Gasteiger partial charge in [-0.2, -0.15) is 4.39 Å². The van der Waals surface area contributed by atoms with Crippen molar-refractivity contribution in [3.8, 4) is 10.4 Å². The highest BCUT2D eigenvalue weighted by Crippen LogP contribution is 2.32. The predicted molar refractivity (Wildman–Crippen MR) is 87.3 cm³/mol. The summed E-state index contributed by atoms with van der Waals surface area (Å²) in [7, 11) is 0. The molecule has 1 aliphatic rings. The van der Waals surface area contributed by atoms with Crippen molar-refractivity contribution < 1.29 is 13.6 Å². The van der Waals surface area contributed by atoms with Crippen molar-refractivity contribution in [1.29, 1.82) is 0 Å². The summed E-state index contributed by atoms with van der Waals surface area (Å²) in [6.45, 7) is 0.0128. The molecule has 5 nitrogen and oxygen atoms in total. The smallest absolute Gasteiger partial charge is 0.258 e. The molecule has 0 aromatic carbocycles. The molecule has 4 rings (SSSR count). The first kappa shape index (κ1) is 15.5. The van der Waals surface area contributed by atoms with Gasteiger partial charge in [-0.25, -0.2) is 9.37 Å². The number of pyridine rings is 1. The standard InChI is InChI=1S/C15H11ClF2N4OS/c16-12-2-1-11(24-12)8-3-10-14(19-4-8)15(18)20-22(10)7-13(23)21-5-9(17)6-21/h1-4,9H,5-7H2. The average Bonchev–Trinajstić information content (AvgIpc) is 3.08. The van der Waals surface area contributed by atoms with Crippen LogP contribution in [0.4, 0.5) is 8.78 Å². The summed E-state index contributed by atoms with van der Waals surface area (Å²) < 4.78 is 28.7. The summed E-state index contributed by atoms with van der Waals surface area (Å²) in [6.07, 6.45) is 0.571. The van der Waals surface area contributed by atoms with Gasteiger partial charge in [0, 0.05) is 16.6 Å². The van der Waals surface area contributed by atoms with Gasteiger partial charge in [-0.05, 0) is 18.2 Å². The molecule has 1 fully saturated rings. The largest absolute Gasteiger partial charge is 0.335 e. The normalized spacial score (nSPS) is 15.0. The molecule has 124 valence electrons. The molecule has 0 unspecified atom stereocenters. The summed E-state index contributed by atoms with van der Waals surface area (Å²) in [4.78, 5) is 18.5. The van der Waals surface area contributed by atoms with Crippen LogP contribution in [0.5, 0.6) is 0 Å². The van der Waals surface area contributed by atoms with E-state index < -0.39 is 12.1 Å². The lowest BCUT2D eigenvalue weighted by Crippen LogP contribution is -2.52. The molecule has 1 amide bonds. The maximum atomic E-state index is 14.0. The fourth-order valence-electron chi connectivity index (χ4n) is 2.60. The minimum Gasteiger partial charge on any atom is -0.335 e. The number of alkyl halides is 1. The lowest BCUT2D eigenvalue weighted by Gasteiger charge is -2.34. The first-order valence-electron chi connectivity index (χ1n) is 7.21. The zero-order chi connectivity index (χ0) is 16.8. The Hall–Kier alpha value is -2.06. The van der Waals surface area contributed by atoms with Crippen molar-refractivity contribution in [3.05, 3.63) is 34.7 Å². The number of aromatic nitrogens is 3. The zero-order valence-corrected chi connectivity index (χ0v) is 13.8. The van der Waals surface area contributed by atoms with Crippen LogP contribution < -0.4 is 0 Å². The van der Waals surface area contributed by atoms with Crippen LogP contribution in [0.25, 0.3) is 21.5 Å². The van der Waals surface area contributed by atoms with Crippen LogP contribution in [0.3, 0.4) is 0 Å². The van der Waals surface area contributed by atoms with Gasteiger partial charge in [-0.1, -0.05) is 11.6 Å². The maximum Gasteiger partial charge on any atom is 0.258 e.